The molecule has 6 heteroatoms. The second-order valence-electron chi connectivity index (χ2n) is 5.43. The number of ether oxygens (including phenoxy) is 1. The highest BCUT2D eigenvalue weighted by Gasteiger charge is 2.26. The first-order chi connectivity index (χ1) is 10.6. The number of anilines is 1. The van der Waals surface area contributed by atoms with Gasteiger partial charge >= 0.3 is 0 Å². The van der Waals surface area contributed by atoms with E-state index in [0.717, 1.165) is 12.1 Å². The van der Waals surface area contributed by atoms with Crippen molar-refractivity contribution in [3.63, 3.8) is 0 Å². The molecule has 1 amide bonds. The minimum absolute atomic E-state index is 0.238. The standard InChI is InChI=1S/C16H19N3O3/c1-11-14(17-15(20)13-9-6-10-22-13)16(21)19(18(11)2)12-7-4-3-5-8-12/h3-5,7-8,13H,6,9-10H2,1-2H3,(H,17,20)/t13-/m0/s1. The second-order valence-corrected chi connectivity index (χ2v) is 5.43. The Bertz CT molecular complexity index is 740. The van der Waals surface area contributed by atoms with Crippen LogP contribution in [0.4, 0.5) is 5.69 Å². The molecule has 1 aliphatic heterocycles. The number of nitrogens with one attached hydrogen (secondary N) is 1. The molecule has 1 aliphatic rings. The van der Waals surface area contributed by atoms with Gasteiger partial charge in [-0.3, -0.25) is 14.3 Å². The fourth-order valence-corrected chi connectivity index (χ4v) is 2.70. The molecule has 1 aromatic heterocycles. The van der Waals surface area contributed by atoms with Gasteiger partial charge in [0, 0.05) is 13.7 Å². The summed E-state index contributed by atoms with van der Waals surface area (Å²) in [6.07, 6.45) is 1.12. The topological polar surface area (TPSA) is 65.3 Å². The molecule has 1 N–H and O–H groups in total. The van der Waals surface area contributed by atoms with Crippen LogP contribution in [0, 0.1) is 6.92 Å². The summed E-state index contributed by atoms with van der Waals surface area (Å²) >= 11 is 0. The van der Waals surface area contributed by atoms with E-state index in [0.29, 0.717) is 24.4 Å². The molecule has 0 spiro atoms. The third-order valence-corrected chi connectivity index (χ3v) is 4.02. The van der Waals surface area contributed by atoms with Gasteiger partial charge in [0.15, 0.2) is 0 Å². The predicted octanol–water partition coefficient (Wildman–Crippen LogP) is 1.60. The molecule has 2 heterocycles. The van der Waals surface area contributed by atoms with Crippen molar-refractivity contribution in [1.29, 1.82) is 0 Å². The normalized spacial score (nSPS) is 17.6. The molecular weight excluding hydrogens is 282 g/mol. The van der Waals surface area contributed by atoms with Crippen LogP contribution < -0.4 is 10.9 Å². The lowest BCUT2D eigenvalue weighted by Crippen LogP contribution is -2.30. The first-order valence-electron chi connectivity index (χ1n) is 7.36. The van der Waals surface area contributed by atoms with Crippen LogP contribution >= 0.6 is 0 Å². The Labute approximate surface area is 128 Å². The fourth-order valence-electron chi connectivity index (χ4n) is 2.70. The number of hydrogen-bond acceptors (Lipinski definition) is 3. The Morgan fingerprint density at radius 1 is 1.32 bits per heavy atom. The van der Waals surface area contributed by atoms with Crippen LogP contribution in [0.2, 0.25) is 0 Å². The molecule has 0 bridgehead atoms. The zero-order valence-electron chi connectivity index (χ0n) is 12.7. The van der Waals surface area contributed by atoms with Gasteiger partial charge in [0.2, 0.25) is 0 Å². The number of nitrogens with zero attached hydrogens (tertiary/aromatic N) is 2. The van der Waals surface area contributed by atoms with Crippen molar-refractivity contribution in [3.8, 4) is 5.69 Å². The number of rotatable bonds is 3. The van der Waals surface area contributed by atoms with Gasteiger partial charge in [-0.25, -0.2) is 4.68 Å². The average Bonchev–Trinajstić information content (AvgIpc) is 3.13. The lowest BCUT2D eigenvalue weighted by Gasteiger charge is -2.09. The lowest BCUT2D eigenvalue weighted by molar-refractivity contribution is -0.124. The average molecular weight is 301 g/mol. The summed E-state index contributed by atoms with van der Waals surface area (Å²) in [4.78, 5) is 24.8. The maximum absolute atomic E-state index is 12.6. The van der Waals surface area contributed by atoms with E-state index >= 15 is 0 Å². The van der Waals surface area contributed by atoms with Gasteiger partial charge in [0.05, 0.1) is 11.4 Å². The summed E-state index contributed by atoms with van der Waals surface area (Å²) in [7, 11) is 1.80. The number of para-hydroxylation sites is 1. The van der Waals surface area contributed by atoms with Crippen molar-refractivity contribution in [2.24, 2.45) is 7.05 Å². The summed E-state index contributed by atoms with van der Waals surface area (Å²) in [5, 5.41) is 2.73. The van der Waals surface area contributed by atoms with Crippen LogP contribution in [0.3, 0.4) is 0 Å². The maximum atomic E-state index is 12.6. The highest BCUT2D eigenvalue weighted by molar-refractivity contribution is 5.94. The predicted molar refractivity (Wildman–Crippen MR) is 83.4 cm³/mol. The van der Waals surface area contributed by atoms with Crippen LogP contribution in [0.15, 0.2) is 35.1 Å². The van der Waals surface area contributed by atoms with E-state index in [2.05, 4.69) is 5.32 Å². The monoisotopic (exact) mass is 301 g/mol. The first-order valence-corrected chi connectivity index (χ1v) is 7.36. The summed E-state index contributed by atoms with van der Waals surface area (Å²) < 4.78 is 8.64. The third-order valence-electron chi connectivity index (χ3n) is 4.02. The molecule has 3 rings (SSSR count). The highest BCUT2D eigenvalue weighted by Crippen LogP contribution is 2.17. The summed E-state index contributed by atoms with van der Waals surface area (Å²) in [5.41, 5.74) is 1.54. The molecule has 1 saturated heterocycles. The van der Waals surface area contributed by atoms with Crippen molar-refractivity contribution < 1.29 is 9.53 Å². The van der Waals surface area contributed by atoms with Gasteiger partial charge in [-0.05, 0) is 31.9 Å². The van der Waals surface area contributed by atoms with Crippen LogP contribution in [0.5, 0.6) is 0 Å². The minimum atomic E-state index is -0.454. The number of carbonyl (C=O) groups excluding carboxylic acids is 1. The Kier molecular flexibility index (Phi) is 3.85. The first kappa shape index (κ1) is 14.6. The highest BCUT2D eigenvalue weighted by atomic mass is 16.5. The summed E-state index contributed by atoms with van der Waals surface area (Å²) in [5.74, 6) is -0.247. The molecule has 6 nitrogen and oxygen atoms in total. The van der Waals surface area contributed by atoms with Gasteiger partial charge in [-0.2, -0.15) is 0 Å². The second kappa shape index (κ2) is 5.81. The SMILES string of the molecule is Cc1c(NC(=O)[C@@H]2CCCO2)c(=O)n(-c2ccccc2)n1C. The van der Waals surface area contributed by atoms with Crippen molar-refractivity contribution in [1.82, 2.24) is 9.36 Å². The number of amides is 1. The van der Waals surface area contributed by atoms with Crippen molar-refractivity contribution in [2.75, 3.05) is 11.9 Å². The molecule has 1 aromatic carbocycles. The van der Waals surface area contributed by atoms with Crippen LogP contribution in [-0.2, 0) is 16.6 Å². The molecule has 116 valence electrons. The van der Waals surface area contributed by atoms with E-state index in [1.54, 1.807) is 16.4 Å². The molecule has 22 heavy (non-hydrogen) atoms. The van der Waals surface area contributed by atoms with Crippen LogP contribution in [0.25, 0.3) is 5.69 Å². The van der Waals surface area contributed by atoms with Crippen LogP contribution in [-0.4, -0.2) is 28.0 Å². The molecular formula is C16H19N3O3. The molecule has 0 unspecified atom stereocenters. The molecule has 1 fully saturated rings. The van der Waals surface area contributed by atoms with E-state index in [9.17, 15) is 9.59 Å². The fraction of sp³-hybridized carbons (Fsp3) is 0.375. The smallest absolute Gasteiger partial charge is 0.295 e. The van der Waals surface area contributed by atoms with Gasteiger partial charge in [-0.1, -0.05) is 18.2 Å². The van der Waals surface area contributed by atoms with Gasteiger partial charge < -0.3 is 10.1 Å². The zero-order valence-corrected chi connectivity index (χ0v) is 12.7. The quantitative estimate of drug-likeness (QED) is 0.936. The van der Waals surface area contributed by atoms with Crippen LogP contribution in [0.1, 0.15) is 18.5 Å². The van der Waals surface area contributed by atoms with Gasteiger partial charge in [0.25, 0.3) is 11.5 Å². The van der Waals surface area contributed by atoms with Crippen molar-refractivity contribution in [2.45, 2.75) is 25.9 Å². The molecule has 1 atom stereocenters. The Balaban J connectivity index is 1.96. The Morgan fingerprint density at radius 3 is 2.68 bits per heavy atom. The molecule has 2 aromatic rings. The summed E-state index contributed by atoms with van der Waals surface area (Å²) in [6, 6.07) is 9.34. The van der Waals surface area contributed by atoms with Gasteiger partial charge in [0.1, 0.15) is 11.8 Å². The molecule has 0 radical (unpaired) electrons. The van der Waals surface area contributed by atoms with Crippen molar-refractivity contribution in [3.05, 3.63) is 46.4 Å². The Morgan fingerprint density at radius 2 is 2.05 bits per heavy atom. The number of benzene rings is 1. The van der Waals surface area contributed by atoms with Gasteiger partial charge in [-0.15, -0.1) is 0 Å². The number of hydrogen-bond donors (Lipinski definition) is 1. The molecule has 0 aliphatic carbocycles. The van der Waals surface area contributed by atoms with E-state index in [4.69, 9.17) is 4.74 Å². The van der Waals surface area contributed by atoms with E-state index in [-0.39, 0.29) is 11.5 Å². The zero-order chi connectivity index (χ0) is 15.7. The summed E-state index contributed by atoms with van der Waals surface area (Å²) in [6.45, 7) is 2.41. The Hall–Kier alpha value is -2.34. The molecule has 0 saturated carbocycles. The van der Waals surface area contributed by atoms with Crippen molar-refractivity contribution >= 4 is 11.6 Å². The van der Waals surface area contributed by atoms with E-state index < -0.39 is 6.10 Å². The number of carbonyl (C=O) groups is 1. The third kappa shape index (κ3) is 2.46. The minimum Gasteiger partial charge on any atom is -0.368 e. The largest absolute Gasteiger partial charge is 0.368 e. The maximum Gasteiger partial charge on any atom is 0.295 e. The van der Waals surface area contributed by atoms with E-state index in [1.165, 1.54) is 0 Å². The number of aromatic nitrogens is 2. The lowest BCUT2D eigenvalue weighted by atomic mass is 10.2. The van der Waals surface area contributed by atoms with E-state index in [1.807, 2.05) is 37.3 Å².